The predicted molar refractivity (Wildman–Crippen MR) is 93.3 cm³/mol. The molecular weight excluding hydrogens is 304 g/mol. The lowest BCUT2D eigenvalue weighted by Crippen LogP contribution is -2.38. The van der Waals surface area contributed by atoms with Gasteiger partial charge in [-0.15, -0.1) is 0 Å². The van der Waals surface area contributed by atoms with Crippen molar-refractivity contribution in [1.29, 1.82) is 0 Å². The number of likely N-dealkylation sites (tertiary alicyclic amines) is 1. The fourth-order valence-corrected chi connectivity index (χ4v) is 2.96. The van der Waals surface area contributed by atoms with Gasteiger partial charge in [-0.1, -0.05) is 30.3 Å². The number of carbonyl (C=O) groups excluding carboxylic acids is 1. The normalized spacial score (nSPS) is 17.6. The minimum Gasteiger partial charge on any atom is -0.455 e. The van der Waals surface area contributed by atoms with Crippen LogP contribution in [-0.2, 0) is 4.79 Å². The summed E-state index contributed by atoms with van der Waals surface area (Å²) in [5.74, 6) is 1.23. The number of nitrogens with zero attached hydrogens (tertiary/aromatic N) is 1. The second kappa shape index (κ2) is 7.95. The first-order valence-corrected chi connectivity index (χ1v) is 8.23. The number of anilines is 1. The van der Waals surface area contributed by atoms with Crippen LogP contribution in [0.25, 0.3) is 0 Å². The smallest absolute Gasteiger partial charge is 0.238 e. The number of hydrogen-bond acceptors (Lipinski definition) is 4. The van der Waals surface area contributed by atoms with E-state index < -0.39 is 0 Å². The maximum Gasteiger partial charge on any atom is 0.238 e. The first-order chi connectivity index (χ1) is 11.8. The summed E-state index contributed by atoms with van der Waals surface area (Å²) in [5, 5.41) is 12.3. The van der Waals surface area contributed by atoms with Crippen LogP contribution in [0.4, 0.5) is 5.69 Å². The minimum atomic E-state index is -0.0977. The highest BCUT2D eigenvalue weighted by Gasteiger charge is 2.25. The molecule has 5 heteroatoms. The molecule has 0 aliphatic carbocycles. The van der Waals surface area contributed by atoms with Crippen LogP contribution in [0, 0.1) is 0 Å². The Labute approximate surface area is 141 Å². The highest BCUT2D eigenvalue weighted by atomic mass is 16.5. The number of para-hydroxylation sites is 3. The number of aliphatic hydroxyl groups excluding tert-OH is 1. The first-order valence-electron chi connectivity index (χ1n) is 8.23. The molecule has 0 unspecified atom stereocenters. The molecule has 1 amide bonds. The fourth-order valence-electron chi connectivity index (χ4n) is 2.96. The maximum atomic E-state index is 12.3. The molecular formula is C19H22N2O3. The van der Waals surface area contributed by atoms with E-state index in [-0.39, 0.29) is 25.1 Å². The van der Waals surface area contributed by atoms with Gasteiger partial charge >= 0.3 is 0 Å². The zero-order valence-electron chi connectivity index (χ0n) is 13.5. The molecule has 0 radical (unpaired) electrons. The van der Waals surface area contributed by atoms with Crippen molar-refractivity contribution in [1.82, 2.24) is 4.90 Å². The lowest BCUT2D eigenvalue weighted by Gasteiger charge is -2.22. The van der Waals surface area contributed by atoms with Crippen LogP contribution in [-0.4, -0.2) is 41.7 Å². The lowest BCUT2D eigenvalue weighted by molar-refractivity contribution is -0.117. The van der Waals surface area contributed by atoms with Crippen molar-refractivity contribution in [2.24, 2.45) is 0 Å². The van der Waals surface area contributed by atoms with E-state index in [1.54, 1.807) is 0 Å². The molecule has 126 valence electrons. The Bertz CT molecular complexity index is 675. The molecule has 2 aromatic rings. The first kappa shape index (κ1) is 16.5. The number of amides is 1. The van der Waals surface area contributed by atoms with Gasteiger partial charge < -0.3 is 15.2 Å². The van der Waals surface area contributed by atoms with Crippen LogP contribution in [0.3, 0.4) is 0 Å². The third-order valence-corrected chi connectivity index (χ3v) is 4.19. The van der Waals surface area contributed by atoms with E-state index in [0.717, 1.165) is 25.1 Å². The largest absolute Gasteiger partial charge is 0.455 e. The van der Waals surface area contributed by atoms with E-state index in [9.17, 15) is 9.90 Å². The van der Waals surface area contributed by atoms with Crippen molar-refractivity contribution in [2.75, 3.05) is 25.0 Å². The van der Waals surface area contributed by atoms with Crippen molar-refractivity contribution >= 4 is 11.6 Å². The van der Waals surface area contributed by atoms with Gasteiger partial charge in [0.15, 0.2) is 5.75 Å². The number of ether oxygens (including phenoxy) is 1. The summed E-state index contributed by atoms with van der Waals surface area (Å²) in [4.78, 5) is 14.4. The van der Waals surface area contributed by atoms with Gasteiger partial charge in [-0.05, 0) is 43.7 Å². The van der Waals surface area contributed by atoms with Crippen LogP contribution in [0.2, 0.25) is 0 Å². The molecule has 2 aromatic carbocycles. The Morgan fingerprint density at radius 1 is 1.17 bits per heavy atom. The van der Waals surface area contributed by atoms with Gasteiger partial charge in [0.25, 0.3) is 0 Å². The fraction of sp³-hybridized carbons (Fsp3) is 0.316. The van der Waals surface area contributed by atoms with Gasteiger partial charge in [-0.25, -0.2) is 0 Å². The molecule has 1 aliphatic heterocycles. The summed E-state index contributed by atoms with van der Waals surface area (Å²) >= 11 is 0. The van der Waals surface area contributed by atoms with Crippen LogP contribution in [0.15, 0.2) is 54.6 Å². The molecule has 5 nitrogen and oxygen atoms in total. The molecule has 1 atom stereocenters. The van der Waals surface area contributed by atoms with Gasteiger partial charge in [-0.3, -0.25) is 9.69 Å². The summed E-state index contributed by atoms with van der Waals surface area (Å²) in [6.45, 7) is 1.23. The number of nitrogens with one attached hydrogen (secondary N) is 1. The monoisotopic (exact) mass is 326 g/mol. The van der Waals surface area contributed by atoms with Crippen molar-refractivity contribution in [3.63, 3.8) is 0 Å². The molecule has 1 aliphatic rings. The van der Waals surface area contributed by atoms with Crippen molar-refractivity contribution in [2.45, 2.75) is 18.9 Å². The summed E-state index contributed by atoms with van der Waals surface area (Å²) in [6, 6.07) is 16.9. The Morgan fingerprint density at radius 2 is 1.92 bits per heavy atom. The number of benzene rings is 2. The summed E-state index contributed by atoms with van der Waals surface area (Å²) in [7, 11) is 0. The van der Waals surface area contributed by atoms with Crippen molar-refractivity contribution in [3.8, 4) is 11.5 Å². The van der Waals surface area contributed by atoms with E-state index in [0.29, 0.717) is 11.4 Å². The molecule has 0 aromatic heterocycles. The molecule has 24 heavy (non-hydrogen) atoms. The number of rotatable bonds is 6. The zero-order valence-corrected chi connectivity index (χ0v) is 13.5. The molecule has 0 bridgehead atoms. The van der Waals surface area contributed by atoms with Gasteiger partial charge in [0.2, 0.25) is 5.91 Å². The molecule has 0 spiro atoms. The van der Waals surface area contributed by atoms with E-state index in [1.807, 2.05) is 59.5 Å². The molecule has 2 N–H and O–H groups in total. The average Bonchev–Trinajstić information content (AvgIpc) is 3.04. The zero-order chi connectivity index (χ0) is 16.8. The number of hydrogen-bond donors (Lipinski definition) is 2. The van der Waals surface area contributed by atoms with Crippen molar-refractivity contribution < 1.29 is 14.6 Å². The number of aliphatic hydroxyl groups is 1. The molecule has 1 fully saturated rings. The second-order valence-corrected chi connectivity index (χ2v) is 5.91. The highest BCUT2D eigenvalue weighted by Crippen LogP contribution is 2.29. The van der Waals surface area contributed by atoms with Crippen molar-refractivity contribution in [3.05, 3.63) is 54.6 Å². The molecule has 1 saturated heterocycles. The van der Waals surface area contributed by atoms with Crippen LogP contribution in [0.1, 0.15) is 12.8 Å². The SMILES string of the molecule is O=C(CN1CCC[C@@H]1CO)Nc1ccccc1Oc1ccccc1. The molecule has 3 rings (SSSR count). The number of carbonyl (C=O) groups is 1. The topological polar surface area (TPSA) is 61.8 Å². The average molecular weight is 326 g/mol. The lowest BCUT2D eigenvalue weighted by atomic mass is 10.2. The minimum absolute atomic E-state index is 0.0894. The van der Waals surface area contributed by atoms with Gasteiger partial charge in [0, 0.05) is 6.04 Å². The Hall–Kier alpha value is -2.37. The van der Waals surface area contributed by atoms with Crippen LogP contribution >= 0.6 is 0 Å². The predicted octanol–water partition coefficient (Wildman–Crippen LogP) is 2.87. The highest BCUT2D eigenvalue weighted by molar-refractivity contribution is 5.93. The Balaban J connectivity index is 1.65. The summed E-state index contributed by atoms with van der Waals surface area (Å²) in [6.07, 6.45) is 1.96. The van der Waals surface area contributed by atoms with Gasteiger partial charge in [-0.2, -0.15) is 0 Å². The van der Waals surface area contributed by atoms with Crippen LogP contribution in [0.5, 0.6) is 11.5 Å². The van der Waals surface area contributed by atoms with E-state index >= 15 is 0 Å². The van der Waals surface area contributed by atoms with Gasteiger partial charge in [0.1, 0.15) is 5.75 Å². The molecule has 1 heterocycles. The summed E-state index contributed by atoms with van der Waals surface area (Å²) in [5.41, 5.74) is 0.645. The Morgan fingerprint density at radius 3 is 2.71 bits per heavy atom. The molecule has 0 saturated carbocycles. The van der Waals surface area contributed by atoms with Gasteiger partial charge in [0.05, 0.1) is 18.8 Å². The van der Waals surface area contributed by atoms with E-state index in [1.165, 1.54) is 0 Å². The third kappa shape index (κ3) is 4.13. The van der Waals surface area contributed by atoms with Crippen LogP contribution < -0.4 is 10.1 Å². The summed E-state index contributed by atoms with van der Waals surface area (Å²) < 4.78 is 5.85. The van der Waals surface area contributed by atoms with E-state index in [2.05, 4.69) is 5.32 Å². The Kier molecular flexibility index (Phi) is 5.46. The second-order valence-electron chi connectivity index (χ2n) is 5.91. The third-order valence-electron chi connectivity index (χ3n) is 4.19. The van der Waals surface area contributed by atoms with E-state index in [4.69, 9.17) is 4.74 Å². The standard InChI is InChI=1S/C19H22N2O3/c22-14-15-7-6-12-21(15)13-19(23)20-17-10-4-5-11-18(17)24-16-8-2-1-3-9-16/h1-5,8-11,15,22H,6-7,12-14H2,(H,20,23)/t15-/m1/s1. The quantitative estimate of drug-likeness (QED) is 0.857. The maximum absolute atomic E-state index is 12.3.